The Morgan fingerprint density at radius 1 is 1.24 bits per heavy atom. The summed E-state index contributed by atoms with van der Waals surface area (Å²) >= 11 is 0. The van der Waals surface area contributed by atoms with Gasteiger partial charge in [0.2, 0.25) is 0 Å². The van der Waals surface area contributed by atoms with E-state index < -0.39 is 0 Å². The molecule has 1 rings (SSSR count). The van der Waals surface area contributed by atoms with Crippen molar-refractivity contribution in [3.05, 3.63) is 0 Å². The molecule has 0 aromatic heterocycles. The molecule has 0 bridgehead atoms. The molecule has 0 aromatic carbocycles. The average molecular weight is 299 g/mol. The molecule has 0 aromatic rings. The number of hydrogen-bond acceptors (Lipinski definition) is 3. The number of hydrogen-bond donors (Lipinski definition) is 2. The smallest absolute Gasteiger partial charge is 0.0613 e. The fourth-order valence-electron chi connectivity index (χ4n) is 3.95. The molecule has 0 aliphatic heterocycles. The van der Waals surface area contributed by atoms with Crippen LogP contribution in [0.5, 0.6) is 0 Å². The van der Waals surface area contributed by atoms with E-state index in [-0.39, 0.29) is 12.1 Å². The maximum Gasteiger partial charge on any atom is 0.0613 e. The van der Waals surface area contributed by atoms with Crippen molar-refractivity contribution in [2.45, 2.75) is 103 Å². The summed E-state index contributed by atoms with van der Waals surface area (Å²) in [5, 5.41) is 13.6. The molecule has 21 heavy (non-hydrogen) atoms. The first-order valence-corrected chi connectivity index (χ1v) is 9.08. The minimum absolute atomic E-state index is 0.0605. The molecule has 2 atom stereocenters. The third-order valence-corrected chi connectivity index (χ3v) is 4.87. The molecular formula is C18H38N2O. The molecule has 0 heterocycles. The normalized spacial score (nSPS) is 27.0. The monoisotopic (exact) mass is 298 g/mol. The highest BCUT2D eigenvalue weighted by atomic mass is 16.3. The van der Waals surface area contributed by atoms with Crippen molar-refractivity contribution in [3.63, 3.8) is 0 Å². The van der Waals surface area contributed by atoms with Gasteiger partial charge in [0, 0.05) is 23.7 Å². The summed E-state index contributed by atoms with van der Waals surface area (Å²) < 4.78 is 0. The van der Waals surface area contributed by atoms with Crippen LogP contribution >= 0.6 is 0 Å². The zero-order valence-electron chi connectivity index (χ0n) is 15.0. The van der Waals surface area contributed by atoms with Gasteiger partial charge < -0.3 is 10.4 Å². The Bertz CT molecular complexity index is 280. The van der Waals surface area contributed by atoms with E-state index in [2.05, 4.69) is 44.8 Å². The third kappa shape index (κ3) is 5.88. The standard InChI is InChI=1S/C18H38N2O/c1-6-7-8-12-20(16(4)5)17-10-9-11-18(13-17,14-21)19-15(2)3/h15-17,19,21H,6-14H2,1-5H3. The van der Waals surface area contributed by atoms with E-state index in [1.165, 1.54) is 38.6 Å². The minimum Gasteiger partial charge on any atom is -0.394 e. The zero-order chi connectivity index (χ0) is 15.9. The molecule has 1 aliphatic carbocycles. The molecule has 0 amide bonds. The van der Waals surface area contributed by atoms with Crippen LogP contribution in [-0.4, -0.2) is 46.8 Å². The van der Waals surface area contributed by atoms with E-state index in [0.29, 0.717) is 18.1 Å². The Hall–Kier alpha value is -0.120. The summed E-state index contributed by atoms with van der Waals surface area (Å²) in [6, 6.07) is 1.65. The lowest BCUT2D eigenvalue weighted by Crippen LogP contribution is -2.58. The van der Waals surface area contributed by atoms with Crippen molar-refractivity contribution < 1.29 is 5.11 Å². The molecule has 126 valence electrons. The second kappa shape index (κ2) is 9.12. The van der Waals surface area contributed by atoms with Crippen molar-refractivity contribution in [3.8, 4) is 0 Å². The number of unbranched alkanes of at least 4 members (excludes halogenated alkanes) is 2. The van der Waals surface area contributed by atoms with Crippen molar-refractivity contribution >= 4 is 0 Å². The molecule has 1 saturated carbocycles. The predicted octanol–water partition coefficient (Wildman–Crippen LogP) is 3.56. The van der Waals surface area contributed by atoms with Gasteiger partial charge >= 0.3 is 0 Å². The summed E-state index contributed by atoms with van der Waals surface area (Å²) in [7, 11) is 0. The van der Waals surface area contributed by atoms with Crippen molar-refractivity contribution in [2.24, 2.45) is 0 Å². The van der Waals surface area contributed by atoms with Gasteiger partial charge in [-0.05, 0) is 52.5 Å². The van der Waals surface area contributed by atoms with Crippen LogP contribution in [0.2, 0.25) is 0 Å². The van der Waals surface area contributed by atoms with E-state index in [1.54, 1.807) is 0 Å². The first-order chi connectivity index (χ1) is 9.94. The number of nitrogens with zero attached hydrogens (tertiary/aromatic N) is 1. The SMILES string of the molecule is CCCCCN(C(C)C)C1CCCC(CO)(NC(C)C)C1. The van der Waals surface area contributed by atoms with Crippen LogP contribution in [0.25, 0.3) is 0 Å². The zero-order valence-corrected chi connectivity index (χ0v) is 15.0. The largest absolute Gasteiger partial charge is 0.394 e. The molecule has 1 aliphatic rings. The van der Waals surface area contributed by atoms with E-state index >= 15 is 0 Å². The number of nitrogens with one attached hydrogen (secondary N) is 1. The maximum absolute atomic E-state index is 9.96. The van der Waals surface area contributed by atoms with Crippen LogP contribution in [0.3, 0.4) is 0 Å². The van der Waals surface area contributed by atoms with Crippen LogP contribution < -0.4 is 5.32 Å². The first-order valence-electron chi connectivity index (χ1n) is 9.08. The fourth-order valence-corrected chi connectivity index (χ4v) is 3.95. The molecule has 3 heteroatoms. The van der Waals surface area contributed by atoms with E-state index in [4.69, 9.17) is 0 Å². The Balaban J connectivity index is 2.70. The van der Waals surface area contributed by atoms with Crippen LogP contribution in [0.15, 0.2) is 0 Å². The van der Waals surface area contributed by atoms with Gasteiger partial charge in [-0.15, -0.1) is 0 Å². The fraction of sp³-hybridized carbons (Fsp3) is 1.00. The summed E-state index contributed by atoms with van der Waals surface area (Å²) in [5.74, 6) is 0. The van der Waals surface area contributed by atoms with E-state index in [0.717, 1.165) is 12.8 Å². The van der Waals surface area contributed by atoms with E-state index in [9.17, 15) is 5.11 Å². The molecule has 0 radical (unpaired) electrons. The number of aliphatic hydroxyl groups is 1. The van der Waals surface area contributed by atoms with Crippen LogP contribution in [0, 0.1) is 0 Å². The van der Waals surface area contributed by atoms with Gasteiger partial charge in [0.15, 0.2) is 0 Å². The molecular weight excluding hydrogens is 260 g/mol. The molecule has 1 fully saturated rings. The van der Waals surface area contributed by atoms with Crippen LogP contribution in [0.4, 0.5) is 0 Å². The number of aliphatic hydroxyl groups excluding tert-OH is 1. The van der Waals surface area contributed by atoms with Gasteiger partial charge in [0.1, 0.15) is 0 Å². The van der Waals surface area contributed by atoms with E-state index in [1.807, 2.05) is 0 Å². The molecule has 2 unspecified atom stereocenters. The maximum atomic E-state index is 9.96. The lowest BCUT2D eigenvalue weighted by Gasteiger charge is -2.46. The summed E-state index contributed by atoms with van der Waals surface area (Å²) in [5.41, 5.74) is -0.0605. The quantitative estimate of drug-likeness (QED) is 0.639. The Labute approximate surface area is 132 Å². The topological polar surface area (TPSA) is 35.5 Å². The lowest BCUT2D eigenvalue weighted by molar-refractivity contribution is 0.0402. The number of rotatable bonds is 9. The van der Waals surface area contributed by atoms with Gasteiger partial charge in [-0.3, -0.25) is 4.90 Å². The second-order valence-electron chi connectivity index (χ2n) is 7.53. The van der Waals surface area contributed by atoms with Gasteiger partial charge in [-0.25, -0.2) is 0 Å². The summed E-state index contributed by atoms with van der Waals surface area (Å²) in [4.78, 5) is 2.68. The van der Waals surface area contributed by atoms with Gasteiger partial charge in [-0.2, -0.15) is 0 Å². The molecule has 0 spiro atoms. The van der Waals surface area contributed by atoms with Gasteiger partial charge in [-0.1, -0.05) is 33.6 Å². The average Bonchev–Trinajstić information content (AvgIpc) is 2.42. The highest BCUT2D eigenvalue weighted by molar-refractivity contribution is 4.97. The summed E-state index contributed by atoms with van der Waals surface area (Å²) in [6.45, 7) is 12.7. The second-order valence-corrected chi connectivity index (χ2v) is 7.53. The van der Waals surface area contributed by atoms with Crippen LogP contribution in [-0.2, 0) is 0 Å². The highest BCUT2D eigenvalue weighted by Crippen LogP contribution is 2.32. The van der Waals surface area contributed by atoms with Crippen molar-refractivity contribution in [2.75, 3.05) is 13.2 Å². The minimum atomic E-state index is -0.0605. The highest BCUT2D eigenvalue weighted by Gasteiger charge is 2.38. The van der Waals surface area contributed by atoms with Crippen molar-refractivity contribution in [1.29, 1.82) is 0 Å². The third-order valence-electron chi connectivity index (χ3n) is 4.87. The van der Waals surface area contributed by atoms with Crippen molar-refractivity contribution in [1.82, 2.24) is 10.2 Å². The molecule has 0 saturated heterocycles. The Morgan fingerprint density at radius 3 is 2.48 bits per heavy atom. The molecule has 3 nitrogen and oxygen atoms in total. The van der Waals surface area contributed by atoms with Crippen LogP contribution in [0.1, 0.15) is 79.6 Å². The molecule has 2 N–H and O–H groups in total. The Morgan fingerprint density at radius 2 is 1.95 bits per heavy atom. The summed E-state index contributed by atoms with van der Waals surface area (Å²) in [6.07, 6.45) is 8.62. The Kier molecular flexibility index (Phi) is 8.22. The van der Waals surface area contributed by atoms with Gasteiger partial charge in [0.25, 0.3) is 0 Å². The first kappa shape index (κ1) is 18.9. The predicted molar refractivity (Wildman–Crippen MR) is 91.7 cm³/mol. The lowest BCUT2D eigenvalue weighted by atomic mass is 9.78. The van der Waals surface area contributed by atoms with Gasteiger partial charge in [0.05, 0.1) is 6.61 Å².